The predicted octanol–water partition coefficient (Wildman–Crippen LogP) is 1.09. The third-order valence-corrected chi connectivity index (χ3v) is 4.97. The molecule has 1 N–H and O–H groups in total. The minimum absolute atomic E-state index is 0.0950. The van der Waals surface area contributed by atoms with E-state index in [4.69, 9.17) is 0 Å². The average Bonchev–Trinajstić information content (AvgIpc) is 2.96. The fraction of sp³-hybridized carbons (Fsp3) is 0.688. The number of thiazole rings is 1. The third-order valence-electron chi connectivity index (χ3n) is 4.16. The van der Waals surface area contributed by atoms with Crippen molar-refractivity contribution in [1.29, 1.82) is 0 Å². The van der Waals surface area contributed by atoms with E-state index in [1.807, 2.05) is 24.1 Å². The van der Waals surface area contributed by atoms with E-state index in [0.717, 1.165) is 51.5 Å². The van der Waals surface area contributed by atoms with Crippen molar-refractivity contribution < 1.29 is 9.59 Å². The minimum atomic E-state index is -0.0950. The van der Waals surface area contributed by atoms with Crippen LogP contribution in [0.1, 0.15) is 26.5 Å². The van der Waals surface area contributed by atoms with Crippen LogP contribution < -0.4 is 5.32 Å². The van der Waals surface area contributed by atoms with Crippen molar-refractivity contribution in [2.75, 3.05) is 51.1 Å². The lowest BCUT2D eigenvalue weighted by Crippen LogP contribution is -2.49. The zero-order valence-electron chi connectivity index (χ0n) is 14.7. The molecule has 2 heterocycles. The molecule has 0 radical (unpaired) electrons. The van der Waals surface area contributed by atoms with Gasteiger partial charge >= 0.3 is 0 Å². The standard InChI is InChI=1S/C16H27N5O2S/c1-4-21(5-2)15(23)11-20-8-6-19(7-9-20)10-14-12-24-16(18-14)17-13(3)22/h12H,4-11H2,1-3H3,(H,17,18,22). The van der Waals surface area contributed by atoms with Crippen LogP contribution in [0.2, 0.25) is 0 Å². The Morgan fingerprint density at radius 2 is 1.83 bits per heavy atom. The molecule has 24 heavy (non-hydrogen) atoms. The van der Waals surface area contributed by atoms with Crippen LogP contribution in [0.3, 0.4) is 0 Å². The second kappa shape index (κ2) is 9.10. The number of hydrogen-bond donors (Lipinski definition) is 1. The molecule has 1 aromatic heterocycles. The van der Waals surface area contributed by atoms with Crippen molar-refractivity contribution in [1.82, 2.24) is 19.7 Å². The summed E-state index contributed by atoms with van der Waals surface area (Å²) in [4.78, 5) is 34.1. The molecule has 1 saturated heterocycles. The van der Waals surface area contributed by atoms with E-state index >= 15 is 0 Å². The molecule has 0 spiro atoms. The summed E-state index contributed by atoms with van der Waals surface area (Å²) < 4.78 is 0. The highest BCUT2D eigenvalue weighted by Crippen LogP contribution is 2.17. The van der Waals surface area contributed by atoms with Crippen LogP contribution in [0.4, 0.5) is 5.13 Å². The highest BCUT2D eigenvalue weighted by atomic mass is 32.1. The molecule has 2 amide bonds. The average molecular weight is 353 g/mol. The fourth-order valence-electron chi connectivity index (χ4n) is 2.79. The smallest absolute Gasteiger partial charge is 0.236 e. The molecular weight excluding hydrogens is 326 g/mol. The van der Waals surface area contributed by atoms with Gasteiger partial charge in [-0.3, -0.25) is 19.4 Å². The van der Waals surface area contributed by atoms with Crippen LogP contribution in [-0.2, 0) is 16.1 Å². The monoisotopic (exact) mass is 353 g/mol. The van der Waals surface area contributed by atoms with Crippen LogP contribution in [0.15, 0.2) is 5.38 Å². The molecule has 0 aliphatic carbocycles. The number of carbonyl (C=O) groups is 2. The molecule has 0 bridgehead atoms. The highest BCUT2D eigenvalue weighted by molar-refractivity contribution is 7.13. The summed E-state index contributed by atoms with van der Waals surface area (Å²) in [5, 5.41) is 5.35. The second-order valence-corrected chi connectivity index (χ2v) is 6.80. The van der Waals surface area contributed by atoms with Crippen molar-refractivity contribution in [3.63, 3.8) is 0 Å². The van der Waals surface area contributed by atoms with E-state index in [1.165, 1.54) is 18.3 Å². The van der Waals surface area contributed by atoms with Gasteiger partial charge in [-0.15, -0.1) is 11.3 Å². The first-order valence-electron chi connectivity index (χ1n) is 8.46. The van der Waals surface area contributed by atoms with Crippen molar-refractivity contribution in [3.05, 3.63) is 11.1 Å². The number of rotatable bonds is 7. The Labute approximate surface area is 147 Å². The van der Waals surface area contributed by atoms with E-state index in [1.54, 1.807) is 0 Å². The zero-order chi connectivity index (χ0) is 17.5. The lowest BCUT2D eigenvalue weighted by molar-refractivity contribution is -0.132. The van der Waals surface area contributed by atoms with Crippen LogP contribution in [0.5, 0.6) is 0 Å². The summed E-state index contributed by atoms with van der Waals surface area (Å²) in [6, 6.07) is 0. The molecule has 7 nitrogen and oxygen atoms in total. The molecule has 1 fully saturated rings. The van der Waals surface area contributed by atoms with Gasteiger partial charge in [0.05, 0.1) is 12.2 Å². The molecule has 8 heteroatoms. The van der Waals surface area contributed by atoms with Gasteiger partial charge in [0.2, 0.25) is 11.8 Å². The Bertz CT molecular complexity index is 550. The normalized spacial score (nSPS) is 16.1. The third kappa shape index (κ3) is 5.54. The lowest BCUT2D eigenvalue weighted by Gasteiger charge is -2.34. The van der Waals surface area contributed by atoms with Crippen molar-refractivity contribution in [2.45, 2.75) is 27.3 Å². The van der Waals surface area contributed by atoms with Gasteiger partial charge in [0.15, 0.2) is 5.13 Å². The van der Waals surface area contributed by atoms with Gasteiger partial charge in [0, 0.05) is 58.1 Å². The van der Waals surface area contributed by atoms with E-state index < -0.39 is 0 Å². The number of nitrogens with one attached hydrogen (secondary N) is 1. The van der Waals surface area contributed by atoms with Gasteiger partial charge in [0.25, 0.3) is 0 Å². The molecule has 0 aromatic carbocycles. The number of hydrogen-bond acceptors (Lipinski definition) is 6. The van der Waals surface area contributed by atoms with Crippen LogP contribution >= 0.6 is 11.3 Å². The molecule has 0 unspecified atom stereocenters. The first-order valence-corrected chi connectivity index (χ1v) is 9.34. The maximum atomic E-state index is 12.2. The van der Waals surface area contributed by atoms with Gasteiger partial charge in [-0.05, 0) is 13.8 Å². The summed E-state index contributed by atoms with van der Waals surface area (Å²) in [5.41, 5.74) is 0.983. The van der Waals surface area contributed by atoms with Gasteiger partial charge in [-0.1, -0.05) is 0 Å². The SMILES string of the molecule is CCN(CC)C(=O)CN1CCN(Cc2csc(NC(C)=O)n2)CC1. The number of anilines is 1. The van der Waals surface area contributed by atoms with Crippen molar-refractivity contribution in [2.24, 2.45) is 0 Å². The summed E-state index contributed by atoms with van der Waals surface area (Å²) in [6.07, 6.45) is 0. The number of likely N-dealkylation sites (N-methyl/N-ethyl adjacent to an activating group) is 1. The molecule has 0 saturated carbocycles. The number of nitrogens with zero attached hydrogens (tertiary/aromatic N) is 4. The van der Waals surface area contributed by atoms with Gasteiger partial charge in [-0.2, -0.15) is 0 Å². The first kappa shape index (κ1) is 18.8. The second-order valence-electron chi connectivity index (χ2n) is 5.94. The van der Waals surface area contributed by atoms with Crippen LogP contribution in [0.25, 0.3) is 0 Å². The molecule has 0 atom stereocenters. The molecular formula is C16H27N5O2S. The van der Waals surface area contributed by atoms with E-state index in [9.17, 15) is 9.59 Å². The van der Waals surface area contributed by atoms with Gasteiger partial charge < -0.3 is 10.2 Å². The number of carbonyl (C=O) groups excluding carboxylic acids is 2. The van der Waals surface area contributed by atoms with Gasteiger partial charge in [0.1, 0.15) is 0 Å². The summed E-state index contributed by atoms with van der Waals surface area (Å²) >= 11 is 1.45. The molecule has 2 rings (SSSR count). The summed E-state index contributed by atoms with van der Waals surface area (Å²) in [5.74, 6) is 0.121. The largest absolute Gasteiger partial charge is 0.342 e. The maximum absolute atomic E-state index is 12.2. The summed E-state index contributed by atoms with van der Waals surface area (Å²) in [6.45, 7) is 12.0. The molecule has 1 aliphatic heterocycles. The summed E-state index contributed by atoms with van der Waals surface area (Å²) in [7, 11) is 0. The Morgan fingerprint density at radius 3 is 2.42 bits per heavy atom. The zero-order valence-corrected chi connectivity index (χ0v) is 15.6. The quantitative estimate of drug-likeness (QED) is 0.795. The van der Waals surface area contributed by atoms with Gasteiger partial charge in [-0.25, -0.2) is 4.98 Å². The molecule has 1 aliphatic rings. The Kier molecular flexibility index (Phi) is 7.14. The minimum Gasteiger partial charge on any atom is -0.342 e. The number of aromatic nitrogens is 1. The lowest BCUT2D eigenvalue weighted by atomic mass is 10.3. The van der Waals surface area contributed by atoms with E-state index in [-0.39, 0.29) is 11.8 Å². The Hall–Kier alpha value is -1.51. The van der Waals surface area contributed by atoms with Crippen molar-refractivity contribution >= 4 is 28.3 Å². The van der Waals surface area contributed by atoms with Crippen LogP contribution in [0, 0.1) is 0 Å². The van der Waals surface area contributed by atoms with Crippen molar-refractivity contribution in [3.8, 4) is 0 Å². The number of piperazine rings is 1. The van der Waals surface area contributed by atoms with E-state index in [0.29, 0.717) is 11.7 Å². The maximum Gasteiger partial charge on any atom is 0.236 e. The highest BCUT2D eigenvalue weighted by Gasteiger charge is 2.21. The van der Waals surface area contributed by atoms with E-state index in [2.05, 4.69) is 20.1 Å². The first-order chi connectivity index (χ1) is 11.5. The van der Waals surface area contributed by atoms with Crippen LogP contribution in [-0.4, -0.2) is 77.3 Å². The molecule has 1 aromatic rings. The molecule has 134 valence electrons. The Morgan fingerprint density at radius 1 is 1.21 bits per heavy atom. The topological polar surface area (TPSA) is 68.8 Å². The Balaban J connectivity index is 1.75. The fourth-order valence-corrected chi connectivity index (χ4v) is 3.54. The predicted molar refractivity (Wildman–Crippen MR) is 96.1 cm³/mol. The number of amides is 2.